The monoisotopic (exact) mass is 377 g/mol. The highest BCUT2D eigenvalue weighted by Crippen LogP contribution is 2.40. The summed E-state index contributed by atoms with van der Waals surface area (Å²) in [6.45, 7) is 6.36. The first kappa shape index (κ1) is 17.7. The quantitative estimate of drug-likeness (QED) is 0.704. The topological polar surface area (TPSA) is 46.0 Å². The van der Waals surface area contributed by atoms with Crippen LogP contribution in [0.2, 0.25) is 0 Å². The number of rotatable bonds is 3. The molecule has 0 saturated carbocycles. The molecule has 3 aromatic heterocycles. The average molecular weight is 378 g/mol. The predicted molar refractivity (Wildman–Crippen MR) is 111 cm³/mol. The van der Waals surface area contributed by atoms with E-state index in [9.17, 15) is 0 Å². The van der Waals surface area contributed by atoms with Crippen molar-refractivity contribution in [1.29, 1.82) is 0 Å². The molecule has 0 bridgehead atoms. The van der Waals surface area contributed by atoms with Crippen LogP contribution in [0.25, 0.3) is 5.82 Å². The van der Waals surface area contributed by atoms with Crippen LogP contribution in [0.4, 0.5) is 0 Å². The zero-order chi connectivity index (χ0) is 19.1. The van der Waals surface area contributed by atoms with Crippen molar-refractivity contribution in [3.8, 4) is 5.82 Å². The number of aryl methyl sites for hydroxylation is 2. The van der Waals surface area contributed by atoms with Gasteiger partial charge in [-0.2, -0.15) is 0 Å². The van der Waals surface area contributed by atoms with Crippen molar-refractivity contribution in [2.24, 2.45) is 0 Å². The smallest absolute Gasteiger partial charge is 0.169 e. The van der Waals surface area contributed by atoms with E-state index in [1.807, 2.05) is 43.7 Å². The van der Waals surface area contributed by atoms with Crippen molar-refractivity contribution in [3.05, 3.63) is 77.0 Å². The lowest BCUT2D eigenvalue weighted by molar-refractivity contribution is 0.367. The van der Waals surface area contributed by atoms with Gasteiger partial charge in [-0.15, -0.1) is 0 Å². The number of thiocarbonyl (C=S) groups is 1. The van der Waals surface area contributed by atoms with Crippen molar-refractivity contribution < 1.29 is 0 Å². The largest absolute Gasteiger partial charge is 0.352 e. The van der Waals surface area contributed by atoms with Crippen molar-refractivity contribution in [3.63, 3.8) is 0 Å². The highest BCUT2D eigenvalue weighted by atomic mass is 32.1. The Morgan fingerprint density at radius 2 is 1.85 bits per heavy atom. The SMILES string of the molecule is Cc1ccnc(-n2c(C)cc([C@H]3[C@@H](c4ccccn4)NC(=S)N3C)c2C)c1. The zero-order valence-electron chi connectivity index (χ0n) is 16.0. The lowest BCUT2D eigenvalue weighted by Crippen LogP contribution is -2.25. The molecule has 3 aromatic rings. The van der Waals surface area contributed by atoms with Crippen LogP contribution in [0, 0.1) is 20.8 Å². The summed E-state index contributed by atoms with van der Waals surface area (Å²) in [4.78, 5) is 11.3. The van der Waals surface area contributed by atoms with E-state index in [1.165, 1.54) is 16.8 Å². The Hall–Kier alpha value is -2.73. The number of hydrogen-bond acceptors (Lipinski definition) is 3. The maximum atomic E-state index is 5.56. The van der Waals surface area contributed by atoms with Crippen LogP contribution in [-0.2, 0) is 0 Å². The normalized spacial score (nSPS) is 19.4. The van der Waals surface area contributed by atoms with Crippen molar-refractivity contribution in [2.45, 2.75) is 32.9 Å². The third kappa shape index (κ3) is 3.00. The zero-order valence-corrected chi connectivity index (χ0v) is 16.8. The summed E-state index contributed by atoms with van der Waals surface area (Å²) in [5.41, 5.74) is 5.76. The highest BCUT2D eigenvalue weighted by molar-refractivity contribution is 7.80. The molecule has 0 radical (unpaired) electrons. The molecule has 138 valence electrons. The second-order valence-electron chi connectivity index (χ2n) is 7.09. The molecule has 5 nitrogen and oxygen atoms in total. The summed E-state index contributed by atoms with van der Waals surface area (Å²) in [6.07, 6.45) is 3.69. The Balaban J connectivity index is 1.82. The van der Waals surface area contributed by atoms with E-state index in [1.54, 1.807) is 0 Å². The number of likely N-dealkylation sites (N-methyl/N-ethyl adjacent to an activating group) is 1. The maximum Gasteiger partial charge on any atom is 0.169 e. The maximum absolute atomic E-state index is 5.56. The van der Waals surface area contributed by atoms with E-state index < -0.39 is 0 Å². The second-order valence-corrected chi connectivity index (χ2v) is 7.48. The van der Waals surface area contributed by atoms with E-state index in [2.05, 4.69) is 57.7 Å². The Bertz CT molecular complexity index is 995. The summed E-state index contributed by atoms with van der Waals surface area (Å²) in [7, 11) is 2.04. The molecular formula is C21H23N5S. The molecule has 0 aromatic carbocycles. The van der Waals surface area contributed by atoms with Crippen molar-refractivity contribution in [2.75, 3.05) is 7.05 Å². The minimum absolute atomic E-state index is 0.0168. The number of nitrogens with one attached hydrogen (secondary N) is 1. The van der Waals surface area contributed by atoms with Gasteiger partial charge in [-0.1, -0.05) is 6.07 Å². The molecule has 2 atom stereocenters. The van der Waals surface area contributed by atoms with E-state index in [0.717, 1.165) is 22.3 Å². The molecular weight excluding hydrogens is 354 g/mol. The van der Waals surface area contributed by atoms with Crippen LogP contribution in [0.3, 0.4) is 0 Å². The Kier molecular flexibility index (Phi) is 4.44. The number of pyridine rings is 2. The van der Waals surface area contributed by atoms with Gasteiger partial charge in [0.2, 0.25) is 0 Å². The van der Waals surface area contributed by atoms with Gasteiger partial charge in [0.15, 0.2) is 5.11 Å². The molecule has 1 aliphatic heterocycles. The molecule has 0 spiro atoms. The van der Waals surface area contributed by atoms with Crippen LogP contribution in [0.1, 0.15) is 40.3 Å². The lowest BCUT2D eigenvalue weighted by atomic mass is 9.97. The third-order valence-electron chi connectivity index (χ3n) is 5.26. The van der Waals surface area contributed by atoms with Crippen LogP contribution >= 0.6 is 12.2 Å². The van der Waals surface area contributed by atoms with E-state index in [4.69, 9.17) is 12.2 Å². The molecule has 0 unspecified atom stereocenters. The van der Waals surface area contributed by atoms with Gasteiger partial charge in [0.1, 0.15) is 5.82 Å². The minimum Gasteiger partial charge on any atom is -0.352 e. The Morgan fingerprint density at radius 1 is 1.04 bits per heavy atom. The Labute approximate surface area is 165 Å². The molecule has 0 aliphatic carbocycles. The van der Waals surface area contributed by atoms with Crippen LogP contribution in [0.5, 0.6) is 0 Å². The summed E-state index contributed by atoms with van der Waals surface area (Å²) in [5, 5.41) is 4.19. The van der Waals surface area contributed by atoms with Gasteiger partial charge in [-0.3, -0.25) is 4.98 Å². The summed E-state index contributed by atoms with van der Waals surface area (Å²) < 4.78 is 2.22. The van der Waals surface area contributed by atoms with E-state index in [0.29, 0.717) is 0 Å². The van der Waals surface area contributed by atoms with Gasteiger partial charge in [-0.25, -0.2) is 4.98 Å². The average Bonchev–Trinajstić information content (AvgIpc) is 3.11. The molecule has 0 amide bonds. The molecule has 4 rings (SSSR count). The van der Waals surface area contributed by atoms with Gasteiger partial charge in [0.05, 0.1) is 17.8 Å². The van der Waals surface area contributed by atoms with Gasteiger partial charge in [0, 0.05) is 30.8 Å². The van der Waals surface area contributed by atoms with Crippen LogP contribution < -0.4 is 5.32 Å². The van der Waals surface area contributed by atoms with Gasteiger partial charge >= 0.3 is 0 Å². The number of aromatic nitrogens is 3. The fraction of sp³-hybridized carbons (Fsp3) is 0.286. The van der Waals surface area contributed by atoms with E-state index in [-0.39, 0.29) is 12.1 Å². The van der Waals surface area contributed by atoms with Gasteiger partial charge < -0.3 is 14.8 Å². The molecule has 4 heterocycles. The number of nitrogens with zero attached hydrogens (tertiary/aromatic N) is 4. The summed E-state index contributed by atoms with van der Waals surface area (Å²) in [6, 6.07) is 12.5. The Morgan fingerprint density at radius 3 is 2.56 bits per heavy atom. The predicted octanol–water partition coefficient (Wildman–Crippen LogP) is 3.79. The molecule has 1 fully saturated rings. The fourth-order valence-electron chi connectivity index (χ4n) is 3.93. The first-order valence-electron chi connectivity index (χ1n) is 9.03. The lowest BCUT2D eigenvalue weighted by Gasteiger charge is -2.24. The van der Waals surface area contributed by atoms with E-state index >= 15 is 0 Å². The van der Waals surface area contributed by atoms with Gasteiger partial charge in [0.25, 0.3) is 0 Å². The molecule has 6 heteroatoms. The standard InChI is InChI=1S/C21H23N5S/c1-13-8-10-23-18(11-13)26-14(2)12-16(15(26)3)20-19(24-21(27)25(20)4)17-7-5-6-9-22-17/h5-12,19-20H,1-4H3,(H,24,27)/t19-,20+/m1/s1. The van der Waals surface area contributed by atoms with Crippen LogP contribution in [-0.4, -0.2) is 31.6 Å². The fourth-order valence-corrected chi connectivity index (χ4v) is 4.17. The highest BCUT2D eigenvalue weighted by Gasteiger charge is 2.39. The van der Waals surface area contributed by atoms with Crippen molar-refractivity contribution >= 4 is 17.3 Å². The summed E-state index contributed by atoms with van der Waals surface area (Å²) in [5.74, 6) is 0.946. The molecule has 1 saturated heterocycles. The second kappa shape index (κ2) is 6.78. The summed E-state index contributed by atoms with van der Waals surface area (Å²) >= 11 is 5.56. The molecule has 1 aliphatic rings. The first-order chi connectivity index (χ1) is 13.0. The molecule has 27 heavy (non-hydrogen) atoms. The van der Waals surface area contributed by atoms with Gasteiger partial charge in [-0.05, 0) is 74.4 Å². The van der Waals surface area contributed by atoms with Crippen molar-refractivity contribution in [1.82, 2.24) is 24.8 Å². The van der Waals surface area contributed by atoms with Crippen LogP contribution in [0.15, 0.2) is 48.8 Å². The molecule has 1 N–H and O–H groups in total. The number of hydrogen-bond donors (Lipinski definition) is 1. The minimum atomic E-state index is 0.0168. The first-order valence-corrected chi connectivity index (χ1v) is 9.44. The third-order valence-corrected chi connectivity index (χ3v) is 5.66.